The number of hydrogen-bond acceptors (Lipinski definition) is 2. The van der Waals surface area contributed by atoms with Crippen LogP contribution in [0, 0.1) is 0 Å². The van der Waals surface area contributed by atoms with Gasteiger partial charge in [-0.2, -0.15) is 0 Å². The summed E-state index contributed by atoms with van der Waals surface area (Å²) in [5, 5.41) is 12.0. The summed E-state index contributed by atoms with van der Waals surface area (Å²) in [4.78, 5) is 10.3. The molecule has 19 heavy (non-hydrogen) atoms. The van der Waals surface area contributed by atoms with Gasteiger partial charge in [-0.3, -0.25) is 4.79 Å². The number of carbonyl (C=O) groups is 1. The Hall–Kier alpha value is -0.570. The van der Waals surface area contributed by atoms with Gasteiger partial charge in [0, 0.05) is 12.5 Å². The van der Waals surface area contributed by atoms with Gasteiger partial charge in [0.05, 0.1) is 0 Å². The number of nitrogens with one attached hydrogen (secondary N) is 1. The first-order valence-electron chi connectivity index (χ1n) is 8.12. The fraction of sp³-hybridized carbons (Fsp3) is 0.938. The van der Waals surface area contributed by atoms with E-state index in [-0.39, 0.29) is 0 Å². The van der Waals surface area contributed by atoms with Gasteiger partial charge in [0.25, 0.3) is 0 Å². The van der Waals surface area contributed by atoms with Crippen molar-refractivity contribution >= 4 is 5.97 Å². The van der Waals surface area contributed by atoms with Gasteiger partial charge in [0.1, 0.15) is 0 Å². The van der Waals surface area contributed by atoms with Crippen LogP contribution in [-0.2, 0) is 4.79 Å². The van der Waals surface area contributed by atoms with Crippen LogP contribution in [-0.4, -0.2) is 23.7 Å². The Balaban J connectivity index is 3.16. The number of carboxylic acids is 1. The van der Waals surface area contributed by atoms with Crippen molar-refractivity contribution in [3.63, 3.8) is 0 Å². The van der Waals surface area contributed by atoms with Crippen molar-refractivity contribution in [2.24, 2.45) is 0 Å². The molecule has 114 valence electrons. The monoisotopic (exact) mass is 271 g/mol. The minimum absolute atomic E-state index is 0.313. The van der Waals surface area contributed by atoms with E-state index in [1.54, 1.807) is 0 Å². The van der Waals surface area contributed by atoms with Crippen molar-refractivity contribution < 1.29 is 9.90 Å². The molecule has 0 radical (unpaired) electrons. The molecule has 0 aromatic carbocycles. The van der Waals surface area contributed by atoms with Crippen molar-refractivity contribution in [1.82, 2.24) is 5.32 Å². The molecule has 0 rings (SSSR count). The van der Waals surface area contributed by atoms with Crippen LogP contribution in [0.5, 0.6) is 0 Å². The predicted molar refractivity (Wildman–Crippen MR) is 81.6 cm³/mol. The van der Waals surface area contributed by atoms with Gasteiger partial charge >= 0.3 is 5.97 Å². The zero-order valence-corrected chi connectivity index (χ0v) is 12.9. The van der Waals surface area contributed by atoms with E-state index in [2.05, 4.69) is 19.2 Å². The van der Waals surface area contributed by atoms with Crippen LogP contribution in [0.1, 0.15) is 84.5 Å². The molecule has 1 unspecified atom stereocenters. The maximum absolute atomic E-state index is 10.3. The van der Waals surface area contributed by atoms with Crippen molar-refractivity contribution in [3.05, 3.63) is 0 Å². The highest BCUT2D eigenvalue weighted by molar-refractivity contribution is 5.66. The largest absolute Gasteiger partial charge is 0.481 e. The van der Waals surface area contributed by atoms with Gasteiger partial charge < -0.3 is 10.4 Å². The lowest BCUT2D eigenvalue weighted by Gasteiger charge is -2.13. The maximum atomic E-state index is 10.3. The van der Waals surface area contributed by atoms with Gasteiger partial charge in [0.2, 0.25) is 0 Å². The fourth-order valence-electron chi connectivity index (χ4n) is 2.26. The lowest BCUT2D eigenvalue weighted by molar-refractivity contribution is -0.137. The molecule has 0 aliphatic rings. The molecule has 0 saturated heterocycles. The second-order valence-corrected chi connectivity index (χ2v) is 5.62. The Kier molecular flexibility index (Phi) is 13.4. The molecule has 0 saturated carbocycles. The first-order chi connectivity index (χ1) is 9.16. The molecule has 0 fully saturated rings. The smallest absolute Gasteiger partial charge is 0.303 e. The summed E-state index contributed by atoms with van der Waals surface area (Å²) < 4.78 is 0. The lowest BCUT2D eigenvalue weighted by atomic mass is 10.1. The third-order valence-electron chi connectivity index (χ3n) is 3.55. The third-order valence-corrected chi connectivity index (χ3v) is 3.55. The van der Waals surface area contributed by atoms with E-state index in [0.717, 1.165) is 25.8 Å². The zero-order chi connectivity index (χ0) is 14.3. The van der Waals surface area contributed by atoms with E-state index < -0.39 is 5.97 Å². The number of rotatable bonds is 14. The van der Waals surface area contributed by atoms with Crippen LogP contribution in [0.15, 0.2) is 0 Å². The second-order valence-electron chi connectivity index (χ2n) is 5.62. The van der Waals surface area contributed by atoms with E-state index in [1.165, 1.54) is 44.9 Å². The molecular weight excluding hydrogens is 238 g/mol. The van der Waals surface area contributed by atoms with Crippen molar-refractivity contribution in [1.29, 1.82) is 0 Å². The summed E-state index contributed by atoms with van der Waals surface area (Å²) in [7, 11) is 0. The number of carboxylic acid groups (broad SMARTS) is 1. The molecule has 0 amide bonds. The lowest BCUT2D eigenvalue weighted by Crippen LogP contribution is -2.26. The highest BCUT2D eigenvalue weighted by Crippen LogP contribution is 2.08. The molecule has 0 aromatic heterocycles. The molecular formula is C16H33NO2. The summed E-state index contributed by atoms with van der Waals surface area (Å²) >= 11 is 0. The highest BCUT2D eigenvalue weighted by Gasteiger charge is 2.01. The van der Waals surface area contributed by atoms with Crippen LogP contribution in [0.25, 0.3) is 0 Å². The van der Waals surface area contributed by atoms with Gasteiger partial charge in [-0.1, -0.05) is 51.9 Å². The van der Waals surface area contributed by atoms with Crippen LogP contribution >= 0.6 is 0 Å². The summed E-state index contributed by atoms with van der Waals surface area (Å²) in [5.74, 6) is -0.676. The molecule has 0 aromatic rings. The van der Waals surface area contributed by atoms with Gasteiger partial charge in [-0.25, -0.2) is 0 Å². The van der Waals surface area contributed by atoms with Gasteiger partial charge in [0.15, 0.2) is 0 Å². The topological polar surface area (TPSA) is 49.3 Å². The van der Waals surface area contributed by atoms with Gasteiger partial charge in [-0.05, 0) is 32.7 Å². The number of hydrogen-bond donors (Lipinski definition) is 2. The van der Waals surface area contributed by atoms with Crippen molar-refractivity contribution in [2.45, 2.75) is 90.5 Å². The predicted octanol–water partition coefficient (Wildman–Crippen LogP) is 4.36. The van der Waals surface area contributed by atoms with E-state index in [4.69, 9.17) is 5.11 Å². The molecule has 2 N–H and O–H groups in total. The first kappa shape index (κ1) is 18.4. The third kappa shape index (κ3) is 15.4. The SMILES string of the molecule is CCCCCCCCC(C)NCCCCCC(=O)O. The summed E-state index contributed by atoms with van der Waals surface area (Å²) in [6, 6.07) is 0.602. The van der Waals surface area contributed by atoms with Gasteiger partial charge in [-0.15, -0.1) is 0 Å². The van der Waals surface area contributed by atoms with E-state index in [0.29, 0.717) is 12.5 Å². The maximum Gasteiger partial charge on any atom is 0.303 e. The second kappa shape index (κ2) is 13.9. The molecule has 0 bridgehead atoms. The van der Waals surface area contributed by atoms with Crippen LogP contribution in [0.2, 0.25) is 0 Å². The Bertz CT molecular complexity index is 207. The molecule has 0 aliphatic carbocycles. The molecule has 1 atom stereocenters. The van der Waals surface area contributed by atoms with E-state index >= 15 is 0 Å². The molecule has 3 heteroatoms. The Labute approximate surface area is 119 Å². The van der Waals surface area contributed by atoms with Crippen LogP contribution in [0.3, 0.4) is 0 Å². The molecule has 0 aliphatic heterocycles. The molecule has 0 heterocycles. The highest BCUT2D eigenvalue weighted by atomic mass is 16.4. The standard InChI is InChI=1S/C16H33NO2/c1-3-4-5-6-7-9-12-15(2)17-14-11-8-10-13-16(18)19/h15,17H,3-14H2,1-2H3,(H,18,19). The average Bonchev–Trinajstić information content (AvgIpc) is 2.37. The summed E-state index contributed by atoms with van der Waals surface area (Å²) in [6.07, 6.45) is 12.7. The normalized spacial score (nSPS) is 12.5. The van der Waals surface area contributed by atoms with Crippen LogP contribution in [0.4, 0.5) is 0 Å². The Morgan fingerprint density at radius 2 is 1.63 bits per heavy atom. The first-order valence-corrected chi connectivity index (χ1v) is 8.12. The number of aliphatic carboxylic acids is 1. The quantitative estimate of drug-likeness (QED) is 0.461. The van der Waals surface area contributed by atoms with E-state index in [1.807, 2.05) is 0 Å². The zero-order valence-electron chi connectivity index (χ0n) is 12.9. The Morgan fingerprint density at radius 3 is 2.32 bits per heavy atom. The average molecular weight is 271 g/mol. The fourth-order valence-corrected chi connectivity index (χ4v) is 2.26. The van der Waals surface area contributed by atoms with Crippen LogP contribution < -0.4 is 5.32 Å². The summed E-state index contributed by atoms with van der Waals surface area (Å²) in [6.45, 7) is 5.53. The molecule has 0 spiro atoms. The number of unbranched alkanes of at least 4 members (excludes halogenated alkanes) is 7. The Morgan fingerprint density at radius 1 is 1.00 bits per heavy atom. The summed E-state index contributed by atoms with van der Waals surface area (Å²) in [5.41, 5.74) is 0. The van der Waals surface area contributed by atoms with E-state index in [9.17, 15) is 4.79 Å². The van der Waals surface area contributed by atoms with Crippen molar-refractivity contribution in [2.75, 3.05) is 6.54 Å². The molecule has 3 nitrogen and oxygen atoms in total. The minimum atomic E-state index is -0.676. The minimum Gasteiger partial charge on any atom is -0.481 e. The van der Waals surface area contributed by atoms with Crippen molar-refractivity contribution in [3.8, 4) is 0 Å².